The van der Waals surface area contributed by atoms with Crippen molar-refractivity contribution in [3.05, 3.63) is 29.3 Å². The highest BCUT2D eigenvalue weighted by Gasteiger charge is 2.33. The predicted molar refractivity (Wildman–Crippen MR) is 101 cm³/mol. The second kappa shape index (κ2) is 10.5. The number of carbonyl (C=O) groups is 1. The zero-order chi connectivity index (χ0) is 17.3. The van der Waals surface area contributed by atoms with Crippen LogP contribution in [0.5, 0.6) is 0 Å². The lowest BCUT2D eigenvalue weighted by Gasteiger charge is -2.27. The molecule has 1 atom stereocenters. The maximum atomic E-state index is 12.0. The molecule has 0 aliphatic heterocycles. The van der Waals surface area contributed by atoms with Crippen molar-refractivity contribution in [1.82, 2.24) is 5.32 Å². The number of halogens is 4. The number of rotatable bonds is 9. The number of hydrogen-bond acceptors (Lipinski definition) is 2. The van der Waals surface area contributed by atoms with Crippen LogP contribution in [-0.2, 0) is 4.79 Å². The van der Waals surface area contributed by atoms with E-state index >= 15 is 0 Å². The van der Waals surface area contributed by atoms with Gasteiger partial charge in [0.2, 0.25) is 9.70 Å². The largest absolute Gasteiger partial charge is 0.362 e. The third-order valence-electron chi connectivity index (χ3n) is 3.28. The number of carbonyl (C=O) groups excluding carboxylic acids is 1. The summed E-state index contributed by atoms with van der Waals surface area (Å²) in [5, 5.41) is 6.27. The van der Waals surface area contributed by atoms with E-state index in [2.05, 4.69) is 17.6 Å². The molecule has 23 heavy (non-hydrogen) atoms. The van der Waals surface area contributed by atoms with Crippen molar-refractivity contribution in [2.24, 2.45) is 0 Å². The Bertz CT molecular complexity index is 491. The number of alkyl halides is 3. The summed E-state index contributed by atoms with van der Waals surface area (Å²) >= 11 is 23.8. The van der Waals surface area contributed by atoms with Crippen molar-refractivity contribution < 1.29 is 4.79 Å². The van der Waals surface area contributed by atoms with Crippen molar-refractivity contribution >= 4 is 58.0 Å². The number of amides is 1. The van der Waals surface area contributed by atoms with Gasteiger partial charge in [0.15, 0.2) is 0 Å². The molecule has 2 N–H and O–H groups in total. The van der Waals surface area contributed by atoms with Gasteiger partial charge in [-0.25, -0.2) is 0 Å². The van der Waals surface area contributed by atoms with Crippen LogP contribution in [0.25, 0.3) is 0 Å². The zero-order valence-corrected chi connectivity index (χ0v) is 16.1. The average Bonchev–Trinajstić information content (AvgIpc) is 2.45. The maximum absolute atomic E-state index is 12.0. The summed E-state index contributed by atoms with van der Waals surface area (Å²) in [4.78, 5) is 12.0. The van der Waals surface area contributed by atoms with Crippen molar-refractivity contribution in [3.8, 4) is 0 Å². The lowest BCUT2D eigenvalue weighted by atomic mass is 10.1. The monoisotopic (exact) mass is 398 g/mol. The fourth-order valence-electron chi connectivity index (χ4n) is 2.07. The molecule has 0 aromatic heterocycles. The van der Waals surface area contributed by atoms with Gasteiger partial charge in [-0.05, 0) is 24.6 Å². The SMILES string of the molecule is CCCCCCCC(=O)N[C@H](Nc1cccc(Cl)c1)C(Cl)(Cl)Cl. The molecular weight excluding hydrogens is 378 g/mol. The fourth-order valence-corrected chi connectivity index (χ4v) is 2.58. The fraction of sp³-hybridized carbons (Fsp3) is 0.562. The molecule has 0 fully saturated rings. The first kappa shape index (κ1) is 20.7. The Hall–Kier alpha value is -0.350. The van der Waals surface area contributed by atoms with E-state index < -0.39 is 9.96 Å². The van der Waals surface area contributed by atoms with Crippen LogP contribution in [0.3, 0.4) is 0 Å². The van der Waals surface area contributed by atoms with Crippen LogP contribution in [0.15, 0.2) is 24.3 Å². The molecule has 1 aromatic carbocycles. The number of anilines is 1. The predicted octanol–water partition coefficient (Wildman–Crippen LogP) is 5.92. The van der Waals surface area contributed by atoms with Gasteiger partial charge in [-0.3, -0.25) is 4.79 Å². The molecule has 1 amide bonds. The van der Waals surface area contributed by atoms with E-state index in [1.807, 2.05) is 0 Å². The summed E-state index contributed by atoms with van der Waals surface area (Å²) in [5.74, 6) is -0.146. The molecule has 0 heterocycles. The Balaban J connectivity index is 2.53. The zero-order valence-electron chi connectivity index (χ0n) is 13.0. The molecule has 1 aromatic rings. The first-order chi connectivity index (χ1) is 10.8. The van der Waals surface area contributed by atoms with Crippen LogP contribution in [0.2, 0.25) is 5.02 Å². The van der Waals surface area contributed by atoms with Crippen LogP contribution in [0, 0.1) is 0 Å². The van der Waals surface area contributed by atoms with E-state index in [0.717, 1.165) is 19.3 Å². The molecule has 130 valence electrons. The van der Waals surface area contributed by atoms with Crippen LogP contribution < -0.4 is 10.6 Å². The van der Waals surface area contributed by atoms with Crippen molar-refractivity contribution in [2.75, 3.05) is 5.32 Å². The summed E-state index contributed by atoms with van der Waals surface area (Å²) < 4.78 is -1.68. The lowest BCUT2D eigenvalue weighted by Crippen LogP contribution is -2.49. The second-order valence-corrected chi connectivity index (χ2v) is 8.17. The van der Waals surface area contributed by atoms with Crippen molar-refractivity contribution in [1.29, 1.82) is 0 Å². The van der Waals surface area contributed by atoms with Gasteiger partial charge in [-0.2, -0.15) is 0 Å². The number of hydrogen-bond donors (Lipinski definition) is 2. The highest BCUT2D eigenvalue weighted by atomic mass is 35.6. The number of nitrogens with one attached hydrogen (secondary N) is 2. The normalized spacial score (nSPS) is 12.7. The summed E-state index contributed by atoms with van der Waals surface area (Å²) in [6, 6.07) is 7.00. The minimum absolute atomic E-state index is 0.146. The summed E-state index contributed by atoms with van der Waals surface area (Å²) in [5.41, 5.74) is 0.664. The minimum Gasteiger partial charge on any atom is -0.362 e. The minimum atomic E-state index is -1.68. The quantitative estimate of drug-likeness (QED) is 0.307. The Labute approximate surface area is 158 Å². The van der Waals surface area contributed by atoms with Crippen LogP contribution >= 0.6 is 46.4 Å². The first-order valence-corrected chi connectivity index (χ1v) is 9.22. The molecular formula is C16H22Cl4N2O. The Morgan fingerprint density at radius 3 is 2.48 bits per heavy atom. The Kier molecular flexibility index (Phi) is 9.45. The summed E-state index contributed by atoms with van der Waals surface area (Å²) in [6.07, 6.45) is 4.93. The van der Waals surface area contributed by atoms with Gasteiger partial charge < -0.3 is 10.6 Å². The van der Waals surface area contributed by atoms with E-state index in [-0.39, 0.29) is 5.91 Å². The Morgan fingerprint density at radius 1 is 1.17 bits per heavy atom. The van der Waals surface area contributed by atoms with Crippen molar-refractivity contribution in [3.63, 3.8) is 0 Å². The van der Waals surface area contributed by atoms with E-state index in [1.165, 1.54) is 12.8 Å². The van der Waals surface area contributed by atoms with E-state index in [0.29, 0.717) is 17.1 Å². The molecule has 0 spiro atoms. The van der Waals surface area contributed by atoms with Crippen LogP contribution in [0.4, 0.5) is 5.69 Å². The topological polar surface area (TPSA) is 41.1 Å². The van der Waals surface area contributed by atoms with Crippen LogP contribution in [-0.4, -0.2) is 15.9 Å². The average molecular weight is 400 g/mol. The molecule has 0 saturated heterocycles. The first-order valence-electron chi connectivity index (χ1n) is 7.71. The number of benzene rings is 1. The molecule has 0 saturated carbocycles. The van der Waals surface area contributed by atoms with Gasteiger partial charge in [-0.15, -0.1) is 0 Å². The third-order valence-corrected chi connectivity index (χ3v) is 4.17. The molecule has 1 rings (SSSR count). The standard InChI is InChI=1S/C16H22Cl4N2O/c1-2-3-4-5-6-10-14(23)22-15(16(18,19)20)21-13-9-7-8-12(17)11-13/h7-9,11,15,21H,2-6,10H2,1H3,(H,22,23)/t15-/m0/s1. The van der Waals surface area contributed by atoms with Gasteiger partial charge in [0.05, 0.1) is 0 Å². The molecule has 0 aliphatic carbocycles. The molecule has 0 radical (unpaired) electrons. The van der Waals surface area contributed by atoms with Gasteiger partial charge in [0, 0.05) is 17.1 Å². The molecule has 0 aliphatic rings. The molecule has 0 unspecified atom stereocenters. The van der Waals surface area contributed by atoms with Crippen molar-refractivity contribution in [2.45, 2.75) is 55.4 Å². The van der Waals surface area contributed by atoms with E-state index in [4.69, 9.17) is 46.4 Å². The highest BCUT2D eigenvalue weighted by molar-refractivity contribution is 6.68. The smallest absolute Gasteiger partial charge is 0.228 e. The highest BCUT2D eigenvalue weighted by Crippen LogP contribution is 2.31. The third kappa shape index (κ3) is 8.90. The second-order valence-electron chi connectivity index (χ2n) is 5.36. The van der Waals surface area contributed by atoms with Gasteiger partial charge in [-0.1, -0.05) is 85.1 Å². The van der Waals surface area contributed by atoms with Crippen LogP contribution in [0.1, 0.15) is 45.4 Å². The van der Waals surface area contributed by atoms with Gasteiger partial charge in [0.1, 0.15) is 6.17 Å². The lowest BCUT2D eigenvalue weighted by molar-refractivity contribution is -0.121. The number of unbranched alkanes of at least 4 members (excludes halogenated alkanes) is 4. The maximum Gasteiger partial charge on any atom is 0.228 e. The summed E-state index contributed by atoms with van der Waals surface area (Å²) in [7, 11) is 0. The molecule has 0 bridgehead atoms. The Morgan fingerprint density at radius 2 is 1.87 bits per heavy atom. The summed E-state index contributed by atoms with van der Waals surface area (Å²) in [6.45, 7) is 2.15. The molecule has 7 heteroatoms. The van der Waals surface area contributed by atoms with E-state index in [9.17, 15) is 4.79 Å². The molecule has 3 nitrogen and oxygen atoms in total. The van der Waals surface area contributed by atoms with E-state index in [1.54, 1.807) is 24.3 Å². The van der Waals surface area contributed by atoms with Gasteiger partial charge in [0.25, 0.3) is 0 Å². The van der Waals surface area contributed by atoms with Gasteiger partial charge >= 0.3 is 0 Å².